The molecule has 5 nitrogen and oxygen atoms in total. The van der Waals surface area contributed by atoms with Gasteiger partial charge in [0.1, 0.15) is 12.7 Å². The van der Waals surface area contributed by atoms with Gasteiger partial charge in [0, 0.05) is 4.47 Å². The Hall–Kier alpha value is -1.32. The van der Waals surface area contributed by atoms with Crippen molar-refractivity contribution in [2.75, 3.05) is 13.2 Å². The quantitative estimate of drug-likeness (QED) is 0.787. The van der Waals surface area contributed by atoms with Crippen LogP contribution in [-0.4, -0.2) is 34.5 Å². The van der Waals surface area contributed by atoms with E-state index >= 15 is 0 Å². The molecule has 1 atom stereocenters. The molecule has 9 heteroatoms. The first-order valence-corrected chi connectivity index (χ1v) is 6.29. The zero-order valence-electron chi connectivity index (χ0n) is 9.92. The molecule has 1 aromatic carbocycles. The van der Waals surface area contributed by atoms with Crippen LogP contribution in [0.3, 0.4) is 0 Å². The fourth-order valence-electron chi connectivity index (χ4n) is 1.70. The molecule has 0 radical (unpaired) electrons. The Balaban J connectivity index is 2.15. The van der Waals surface area contributed by atoms with E-state index in [9.17, 15) is 23.1 Å². The predicted molar refractivity (Wildman–Crippen MR) is 68.5 cm³/mol. The van der Waals surface area contributed by atoms with E-state index in [0.29, 0.717) is 21.1 Å². The van der Waals surface area contributed by atoms with Gasteiger partial charge >= 0.3 is 11.9 Å². The summed E-state index contributed by atoms with van der Waals surface area (Å²) in [6, 6.07) is 3.02. The Labute approximate surface area is 118 Å². The molecule has 1 heterocycles. The van der Waals surface area contributed by atoms with E-state index in [-0.39, 0.29) is 0 Å². The number of aliphatic hydroxyl groups excluding tert-OH is 1. The summed E-state index contributed by atoms with van der Waals surface area (Å²) < 4.78 is 40.7. The lowest BCUT2D eigenvalue weighted by Crippen LogP contribution is -2.19. The SMILES string of the molecule is O=c1[nH]c2cc(Br)c(C(O)COCC(F)(F)F)cc2[nH]1. The Kier molecular flexibility index (Phi) is 4.21. The van der Waals surface area contributed by atoms with Crippen molar-refractivity contribution in [3.05, 3.63) is 32.7 Å². The smallest absolute Gasteiger partial charge is 0.386 e. The van der Waals surface area contributed by atoms with Crippen molar-refractivity contribution < 1.29 is 23.0 Å². The molecule has 0 aliphatic heterocycles. The van der Waals surface area contributed by atoms with Crippen molar-refractivity contribution in [3.8, 4) is 0 Å². The summed E-state index contributed by atoms with van der Waals surface area (Å²) >= 11 is 3.18. The summed E-state index contributed by atoms with van der Waals surface area (Å²) in [5.74, 6) is 0. The summed E-state index contributed by atoms with van der Waals surface area (Å²) in [7, 11) is 0. The lowest BCUT2D eigenvalue weighted by atomic mass is 10.1. The number of ether oxygens (including phenoxy) is 1. The van der Waals surface area contributed by atoms with Crippen LogP contribution in [0.25, 0.3) is 11.0 Å². The Morgan fingerprint density at radius 3 is 2.50 bits per heavy atom. The van der Waals surface area contributed by atoms with E-state index in [2.05, 4.69) is 30.6 Å². The molecular formula is C11H10BrF3N2O3. The number of halogens is 4. The number of imidazole rings is 1. The van der Waals surface area contributed by atoms with Crippen molar-refractivity contribution in [1.82, 2.24) is 9.97 Å². The summed E-state index contributed by atoms with van der Waals surface area (Å²) in [5.41, 5.74) is 0.888. The Bertz CT molecular complexity index is 665. The minimum absolute atomic E-state index is 0.329. The maximum absolute atomic E-state index is 11.9. The van der Waals surface area contributed by atoms with E-state index in [4.69, 9.17) is 0 Å². The number of hydrogen-bond donors (Lipinski definition) is 3. The third-order valence-electron chi connectivity index (χ3n) is 2.53. The molecule has 110 valence electrons. The van der Waals surface area contributed by atoms with E-state index in [1.54, 1.807) is 6.07 Å². The molecule has 2 rings (SSSR count). The standard InChI is InChI=1S/C11H10BrF3N2O3/c12-6-2-8-7(16-10(19)17-8)1-5(6)9(18)3-20-4-11(13,14)15/h1-2,9,18H,3-4H2,(H2,16,17,19). The van der Waals surface area contributed by atoms with Gasteiger partial charge in [0.05, 0.1) is 17.6 Å². The van der Waals surface area contributed by atoms with Crippen molar-refractivity contribution in [2.45, 2.75) is 12.3 Å². The molecule has 0 bridgehead atoms. The van der Waals surface area contributed by atoms with Gasteiger partial charge in [-0.2, -0.15) is 13.2 Å². The van der Waals surface area contributed by atoms with Crippen LogP contribution in [-0.2, 0) is 4.74 Å². The second kappa shape index (κ2) is 5.58. The lowest BCUT2D eigenvalue weighted by Gasteiger charge is -2.14. The molecule has 0 aliphatic carbocycles. The van der Waals surface area contributed by atoms with Gasteiger partial charge in [-0.1, -0.05) is 15.9 Å². The molecule has 1 unspecified atom stereocenters. The number of H-pyrrole nitrogens is 2. The van der Waals surface area contributed by atoms with Gasteiger partial charge in [-0.3, -0.25) is 0 Å². The Morgan fingerprint density at radius 1 is 1.30 bits per heavy atom. The van der Waals surface area contributed by atoms with Gasteiger partial charge in [-0.25, -0.2) is 4.79 Å². The van der Waals surface area contributed by atoms with Crippen LogP contribution < -0.4 is 5.69 Å². The molecule has 20 heavy (non-hydrogen) atoms. The van der Waals surface area contributed by atoms with E-state index < -0.39 is 31.2 Å². The van der Waals surface area contributed by atoms with Crippen LogP contribution in [0.5, 0.6) is 0 Å². The predicted octanol–water partition coefficient (Wildman–Crippen LogP) is 2.23. The highest BCUT2D eigenvalue weighted by atomic mass is 79.9. The van der Waals surface area contributed by atoms with Gasteiger partial charge in [-0.15, -0.1) is 0 Å². The van der Waals surface area contributed by atoms with E-state index in [0.717, 1.165) is 0 Å². The average Bonchev–Trinajstić information content (AvgIpc) is 2.65. The zero-order valence-corrected chi connectivity index (χ0v) is 11.5. The van der Waals surface area contributed by atoms with Crippen LogP contribution in [0.2, 0.25) is 0 Å². The second-order valence-electron chi connectivity index (χ2n) is 4.14. The van der Waals surface area contributed by atoms with Crippen LogP contribution in [0, 0.1) is 0 Å². The van der Waals surface area contributed by atoms with Gasteiger partial charge < -0.3 is 19.8 Å². The first-order chi connectivity index (χ1) is 9.26. The van der Waals surface area contributed by atoms with Crippen LogP contribution >= 0.6 is 15.9 Å². The average molecular weight is 355 g/mol. The molecule has 2 aromatic rings. The first kappa shape index (κ1) is 15.1. The first-order valence-electron chi connectivity index (χ1n) is 5.50. The molecule has 0 aliphatic rings. The van der Waals surface area contributed by atoms with Crippen LogP contribution in [0.4, 0.5) is 13.2 Å². The monoisotopic (exact) mass is 354 g/mol. The number of nitrogens with one attached hydrogen (secondary N) is 2. The van der Waals surface area contributed by atoms with Crippen LogP contribution in [0.15, 0.2) is 21.4 Å². The largest absolute Gasteiger partial charge is 0.411 e. The van der Waals surface area contributed by atoms with Crippen LogP contribution in [0.1, 0.15) is 11.7 Å². The normalized spacial score (nSPS) is 13.8. The van der Waals surface area contributed by atoms with Crippen molar-refractivity contribution in [3.63, 3.8) is 0 Å². The number of hydrogen-bond acceptors (Lipinski definition) is 3. The molecule has 0 spiro atoms. The minimum Gasteiger partial charge on any atom is -0.386 e. The maximum Gasteiger partial charge on any atom is 0.411 e. The van der Waals surface area contributed by atoms with Crippen molar-refractivity contribution in [2.24, 2.45) is 0 Å². The molecule has 3 N–H and O–H groups in total. The second-order valence-corrected chi connectivity index (χ2v) is 5.00. The highest BCUT2D eigenvalue weighted by Gasteiger charge is 2.28. The highest BCUT2D eigenvalue weighted by molar-refractivity contribution is 9.10. The number of aromatic nitrogens is 2. The maximum atomic E-state index is 11.9. The van der Waals surface area contributed by atoms with Crippen molar-refractivity contribution >= 4 is 27.0 Å². The summed E-state index contributed by atoms with van der Waals surface area (Å²) in [5, 5.41) is 9.84. The third kappa shape index (κ3) is 3.62. The summed E-state index contributed by atoms with van der Waals surface area (Å²) in [6.07, 6.45) is -5.68. The summed E-state index contributed by atoms with van der Waals surface area (Å²) in [6.45, 7) is -1.93. The van der Waals surface area contributed by atoms with Crippen molar-refractivity contribution in [1.29, 1.82) is 0 Å². The lowest BCUT2D eigenvalue weighted by molar-refractivity contribution is -0.179. The number of rotatable bonds is 4. The molecule has 0 amide bonds. The van der Waals surface area contributed by atoms with Gasteiger partial charge in [-0.05, 0) is 17.7 Å². The zero-order chi connectivity index (χ0) is 14.9. The van der Waals surface area contributed by atoms with Gasteiger partial charge in [0.15, 0.2) is 0 Å². The summed E-state index contributed by atoms with van der Waals surface area (Å²) in [4.78, 5) is 16.1. The van der Waals surface area contributed by atoms with E-state index in [1.807, 2.05) is 0 Å². The number of benzene rings is 1. The van der Waals surface area contributed by atoms with Gasteiger partial charge in [0.2, 0.25) is 0 Å². The molecule has 0 saturated heterocycles. The molecule has 0 saturated carbocycles. The Morgan fingerprint density at radius 2 is 1.90 bits per heavy atom. The number of aliphatic hydroxyl groups is 1. The third-order valence-corrected chi connectivity index (χ3v) is 3.22. The number of alkyl halides is 3. The highest BCUT2D eigenvalue weighted by Crippen LogP contribution is 2.27. The molecular weight excluding hydrogens is 345 g/mol. The minimum atomic E-state index is -4.44. The molecule has 1 aromatic heterocycles. The van der Waals surface area contributed by atoms with E-state index in [1.165, 1.54) is 6.07 Å². The fourth-order valence-corrected chi connectivity index (χ4v) is 2.31. The number of aromatic amines is 2. The topological polar surface area (TPSA) is 78.1 Å². The number of fused-ring (bicyclic) bond motifs is 1. The molecule has 0 fully saturated rings. The fraction of sp³-hybridized carbons (Fsp3) is 0.364. The van der Waals surface area contributed by atoms with Gasteiger partial charge in [0.25, 0.3) is 0 Å².